The van der Waals surface area contributed by atoms with Crippen LogP contribution in [0.15, 0.2) is 30.0 Å². The van der Waals surface area contributed by atoms with Gasteiger partial charge in [-0.3, -0.25) is 4.79 Å². The van der Waals surface area contributed by atoms with Crippen LogP contribution in [-0.2, 0) is 9.53 Å². The molecule has 25 heavy (non-hydrogen) atoms. The number of rotatable bonds is 5. The van der Waals surface area contributed by atoms with Crippen LogP contribution in [0.5, 0.6) is 0 Å². The van der Waals surface area contributed by atoms with E-state index in [1.807, 2.05) is 13.0 Å². The quantitative estimate of drug-likeness (QED) is 0.889. The summed E-state index contributed by atoms with van der Waals surface area (Å²) in [6.45, 7) is 9.47. The summed E-state index contributed by atoms with van der Waals surface area (Å²) in [6.07, 6.45) is 2.13. The van der Waals surface area contributed by atoms with E-state index in [1.54, 1.807) is 0 Å². The average molecular weight is 347 g/mol. The van der Waals surface area contributed by atoms with Crippen LogP contribution in [0.25, 0.3) is 0 Å². The number of anilines is 1. The number of carbonyl (C=O) groups excluding carboxylic acids is 1. The van der Waals surface area contributed by atoms with Crippen LogP contribution < -0.4 is 10.2 Å². The van der Waals surface area contributed by atoms with E-state index in [0.29, 0.717) is 18.6 Å². The van der Waals surface area contributed by atoms with Gasteiger partial charge in [-0.25, -0.2) is 4.39 Å². The number of likely N-dealkylation sites (N-methyl/N-ethyl adjacent to an activating group) is 1. The predicted octanol–water partition coefficient (Wildman–Crippen LogP) is 2.45. The molecule has 2 heterocycles. The second-order valence-corrected chi connectivity index (χ2v) is 6.58. The first kappa shape index (κ1) is 17.7. The Morgan fingerprint density at radius 1 is 1.32 bits per heavy atom. The van der Waals surface area contributed by atoms with Crippen molar-refractivity contribution >= 4 is 11.6 Å². The molecule has 0 saturated carbocycles. The lowest BCUT2D eigenvalue weighted by atomic mass is 10.0. The molecule has 5 nitrogen and oxygen atoms in total. The maximum Gasteiger partial charge on any atom is 0.250 e. The Kier molecular flexibility index (Phi) is 5.58. The highest BCUT2D eigenvalue weighted by atomic mass is 19.1. The van der Waals surface area contributed by atoms with Gasteiger partial charge in [0.15, 0.2) is 0 Å². The van der Waals surface area contributed by atoms with Gasteiger partial charge in [0.1, 0.15) is 5.82 Å². The van der Waals surface area contributed by atoms with Crippen molar-refractivity contribution in [2.75, 3.05) is 44.2 Å². The highest BCUT2D eigenvalue weighted by Gasteiger charge is 2.23. The number of nitrogens with one attached hydrogen (secondary N) is 1. The second-order valence-electron chi connectivity index (χ2n) is 6.58. The fourth-order valence-electron chi connectivity index (χ4n) is 3.39. The molecule has 1 aromatic rings. The Bertz CT molecular complexity index is 654. The maximum absolute atomic E-state index is 13.9. The zero-order chi connectivity index (χ0) is 17.8. The number of ether oxygens (including phenoxy) is 1. The Morgan fingerprint density at radius 2 is 2.08 bits per heavy atom. The van der Waals surface area contributed by atoms with Crippen LogP contribution in [-0.4, -0.2) is 50.1 Å². The lowest BCUT2D eigenvalue weighted by Gasteiger charge is -2.37. The zero-order valence-corrected chi connectivity index (χ0v) is 14.9. The molecule has 0 unspecified atom stereocenters. The largest absolute Gasteiger partial charge is 0.500 e. The molecule has 1 amide bonds. The number of amides is 1. The minimum atomic E-state index is -0.282. The van der Waals surface area contributed by atoms with E-state index in [4.69, 9.17) is 4.74 Å². The molecule has 1 fully saturated rings. The van der Waals surface area contributed by atoms with Gasteiger partial charge in [0.05, 0.1) is 24.5 Å². The Labute approximate surface area is 148 Å². The van der Waals surface area contributed by atoms with Gasteiger partial charge in [-0.15, -0.1) is 0 Å². The number of piperazine rings is 1. The summed E-state index contributed by atoms with van der Waals surface area (Å²) in [5, 5.41) is 2.97. The van der Waals surface area contributed by atoms with Crippen LogP contribution >= 0.6 is 0 Å². The molecule has 0 bridgehead atoms. The van der Waals surface area contributed by atoms with E-state index >= 15 is 0 Å². The summed E-state index contributed by atoms with van der Waals surface area (Å²) in [5.41, 5.74) is 2.46. The molecule has 1 atom stereocenters. The van der Waals surface area contributed by atoms with Crippen LogP contribution in [0.3, 0.4) is 0 Å². The van der Waals surface area contributed by atoms with Gasteiger partial charge in [-0.05, 0) is 31.7 Å². The van der Waals surface area contributed by atoms with E-state index in [9.17, 15) is 9.18 Å². The fourth-order valence-corrected chi connectivity index (χ4v) is 3.39. The van der Waals surface area contributed by atoms with Crippen LogP contribution in [0, 0.1) is 5.82 Å². The van der Waals surface area contributed by atoms with Gasteiger partial charge in [-0.2, -0.15) is 0 Å². The third kappa shape index (κ3) is 4.12. The zero-order valence-electron chi connectivity index (χ0n) is 14.9. The van der Waals surface area contributed by atoms with Crippen molar-refractivity contribution in [2.24, 2.45) is 0 Å². The van der Waals surface area contributed by atoms with Crippen molar-refractivity contribution in [2.45, 2.75) is 26.3 Å². The van der Waals surface area contributed by atoms with Crippen molar-refractivity contribution in [1.29, 1.82) is 0 Å². The SMILES string of the molecule is CCN1CCN(c2ccc(F)cc2[C@H](C)NC(=O)C2=COCC2)CC1. The molecule has 1 aromatic carbocycles. The lowest BCUT2D eigenvalue weighted by Crippen LogP contribution is -2.46. The number of nitrogens with zero attached hydrogens (tertiary/aromatic N) is 2. The minimum absolute atomic E-state index is 0.143. The second kappa shape index (κ2) is 7.87. The lowest BCUT2D eigenvalue weighted by molar-refractivity contribution is -0.118. The first-order valence-electron chi connectivity index (χ1n) is 8.96. The highest BCUT2D eigenvalue weighted by molar-refractivity contribution is 5.93. The van der Waals surface area contributed by atoms with E-state index in [1.165, 1.54) is 18.4 Å². The summed E-state index contributed by atoms with van der Waals surface area (Å²) in [7, 11) is 0. The number of hydrogen-bond acceptors (Lipinski definition) is 4. The fraction of sp³-hybridized carbons (Fsp3) is 0.526. The van der Waals surface area contributed by atoms with Crippen molar-refractivity contribution in [1.82, 2.24) is 10.2 Å². The minimum Gasteiger partial charge on any atom is -0.500 e. The molecule has 0 radical (unpaired) electrons. The number of halogens is 1. The van der Waals surface area contributed by atoms with Crippen molar-refractivity contribution in [3.05, 3.63) is 41.4 Å². The molecule has 6 heteroatoms. The van der Waals surface area contributed by atoms with E-state index < -0.39 is 0 Å². The number of hydrogen-bond donors (Lipinski definition) is 1. The monoisotopic (exact) mass is 347 g/mol. The molecule has 0 spiro atoms. The summed E-state index contributed by atoms with van der Waals surface area (Å²) in [4.78, 5) is 17.0. The van der Waals surface area contributed by atoms with E-state index in [2.05, 4.69) is 22.0 Å². The normalized spacial score (nSPS) is 19.3. The first-order chi connectivity index (χ1) is 12.1. The molecular weight excluding hydrogens is 321 g/mol. The van der Waals surface area contributed by atoms with Gasteiger partial charge >= 0.3 is 0 Å². The van der Waals surface area contributed by atoms with Gasteiger partial charge in [0.2, 0.25) is 0 Å². The Balaban J connectivity index is 1.75. The van der Waals surface area contributed by atoms with E-state index in [-0.39, 0.29) is 17.8 Å². The van der Waals surface area contributed by atoms with Crippen molar-refractivity contribution < 1.29 is 13.9 Å². The summed E-state index contributed by atoms with van der Waals surface area (Å²) in [5.74, 6) is -0.425. The molecule has 3 rings (SSSR count). The first-order valence-corrected chi connectivity index (χ1v) is 8.96. The topological polar surface area (TPSA) is 44.8 Å². The van der Waals surface area contributed by atoms with Gasteiger partial charge in [-0.1, -0.05) is 6.92 Å². The van der Waals surface area contributed by atoms with Crippen LogP contribution in [0.1, 0.15) is 31.9 Å². The highest BCUT2D eigenvalue weighted by Crippen LogP contribution is 2.29. The van der Waals surface area contributed by atoms with Crippen LogP contribution in [0.2, 0.25) is 0 Å². The van der Waals surface area contributed by atoms with E-state index in [0.717, 1.165) is 44.0 Å². The molecule has 0 aromatic heterocycles. The maximum atomic E-state index is 13.9. The van der Waals surface area contributed by atoms with Gasteiger partial charge in [0, 0.05) is 43.9 Å². The molecule has 2 aliphatic heterocycles. The molecule has 136 valence electrons. The smallest absolute Gasteiger partial charge is 0.250 e. The number of carbonyl (C=O) groups is 1. The van der Waals surface area contributed by atoms with Crippen LogP contribution in [0.4, 0.5) is 10.1 Å². The number of benzene rings is 1. The van der Waals surface area contributed by atoms with Crippen molar-refractivity contribution in [3.8, 4) is 0 Å². The van der Waals surface area contributed by atoms with Gasteiger partial charge in [0.25, 0.3) is 5.91 Å². The third-order valence-corrected chi connectivity index (χ3v) is 4.97. The Hall–Kier alpha value is -2.08. The molecule has 0 aliphatic carbocycles. The molecular formula is C19H26FN3O2. The molecule has 1 saturated heterocycles. The third-order valence-electron chi connectivity index (χ3n) is 4.97. The summed E-state index contributed by atoms with van der Waals surface area (Å²) >= 11 is 0. The average Bonchev–Trinajstić information content (AvgIpc) is 3.16. The summed E-state index contributed by atoms with van der Waals surface area (Å²) < 4.78 is 19.0. The molecule has 1 N–H and O–H groups in total. The van der Waals surface area contributed by atoms with Gasteiger partial charge < -0.3 is 19.9 Å². The standard InChI is InChI=1S/C19H26FN3O2/c1-3-22-7-9-23(10-8-22)18-5-4-16(20)12-17(18)14(2)21-19(24)15-6-11-25-13-15/h4-5,12-14H,3,6-11H2,1-2H3,(H,21,24)/t14-/m0/s1. The predicted molar refractivity (Wildman–Crippen MR) is 95.9 cm³/mol. The Morgan fingerprint density at radius 3 is 2.72 bits per heavy atom. The molecule has 2 aliphatic rings. The summed E-state index contributed by atoms with van der Waals surface area (Å²) in [6, 6.07) is 4.58. The van der Waals surface area contributed by atoms with Crippen molar-refractivity contribution in [3.63, 3.8) is 0 Å².